The number of methoxy groups -OCH3 is 1. The molecule has 7 heteroatoms. The number of rotatable bonds is 6. The van der Waals surface area contributed by atoms with Gasteiger partial charge in [-0.3, -0.25) is 4.79 Å². The molecule has 1 unspecified atom stereocenters. The quantitative estimate of drug-likeness (QED) is 0.859. The fourth-order valence-corrected chi connectivity index (χ4v) is 2.46. The molecule has 1 aromatic carbocycles. The maximum atomic E-state index is 12.3. The number of benzene rings is 1. The molecule has 2 heterocycles. The van der Waals surface area contributed by atoms with Crippen molar-refractivity contribution >= 4 is 5.91 Å². The number of nitrogens with zero attached hydrogens (tertiary/aromatic N) is 2. The van der Waals surface area contributed by atoms with E-state index in [1.807, 2.05) is 24.3 Å². The minimum atomic E-state index is -0.208. The number of hydrogen-bond donors (Lipinski definition) is 1. The van der Waals surface area contributed by atoms with E-state index in [-0.39, 0.29) is 18.4 Å². The number of hydrogen-bond acceptors (Lipinski definition) is 6. The summed E-state index contributed by atoms with van der Waals surface area (Å²) in [5, 5.41) is 6.65. The van der Waals surface area contributed by atoms with E-state index in [0.29, 0.717) is 37.8 Å². The fraction of sp³-hybridized carbons (Fsp3) is 0.438. The molecule has 1 atom stereocenters. The van der Waals surface area contributed by atoms with Crippen LogP contribution >= 0.6 is 0 Å². The zero-order valence-electron chi connectivity index (χ0n) is 12.9. The number of carbonyl (C=O) groups is 1. The molecule has 122 valence electrons. The summed E-state index contributed by atoms with van der Waals surface area (Å²) in [6.45, 7) is 1.13. The Morgan fingerprint density at radius 3 is 3.17 bits per heavy atom. The largest absolute Gasteiger partial charge is 0.492 e. The van der Waals surface area contributed by atoms with Crippen molar-refractivity contribution in [1.82, 2.24) is 15.5 Å². The van der Waals surface area contributed by atoms with Crippen LogP contribution in [-0.2, 0) is 28.9 Å². The second-order valence-electron chi connectivity index (χ2n) is 5.38. The standard InChI is InChI=1S/C16H19N3O4/c1-21-7-6-14-18-15(23-19-14)9-17-16(20)12-8-11-4-2-3-5-13(11)22-10-12/h2-5,12H,6-10H2,1H3,(H,17,20). The molecule has 1 amide bonds. The van der Waals surface area contributed by atoms with Crippen LogP contribution in [0.3, 0.4) is 0 Å². The Bertz CT molecular complexity index is 671. The van der Waals surface area contributed by atoms with Gasteiger partial charge in [-0.05, 0) is 18.1 Å². The van der Waals surface area contributed by atoms with Crippen LogP contribution in [0.5, 0.6) is 5.75 Å². The first-order valence-electron chi connectivity index (χ1n) is 7.55. The summed E-state index contributed by atoms with van der Waals surface area (Å²) in [7, 11) is 1.62. The molecule has 0 bridgehead atoms. The van der Waals surface area contributed by atoms with Crippen LogP contribution in [0.1, 0.15) is 17.3 Å². The number of ether oxygens (including phenoxy) is 2. The predicted octanol–water partition coefficient (Wildman–Crippen LogP) is 1.13. The van der Waals surface area contributed by atoms with Crippen LogP contribution in [0.2, 0.25) is 0 Å². The normalized spacial score (nSPS) is 16.5. The van der Waals surface area contributed by atoms with Crippen LogP contribution in [0.25, 0.3) is 0 Å². The number of amides is 1. The monoisotopic (exact) mass is 317 g/mol. The SMILES string of the molecule is COCCc1noc(CNC(=O)C2COc3ccccc3C2)n1. The molecule has 0 aliphatic carbocycles. The van der Waals surface area contributed by atoms with E-state index in [1.54, 1.807) is 7.11 Å². The van der Waals surface area contributed by atoms with Crippen LogP contribution in [0.15, 0.2) is 28.8 Å². The van der Waals surface area contributed by atoms with Gasteiger partial charge in [-0.15, -0.1) is 0 Å². The van der Waals surface area contributed by atoms with Crippen molar-refractivity contribution in [2.75, 3.05) is 20.3 Å². The second kappa shape index (κ2) is 7.23. The molecule has 0 radical (unpaired) electrons. The lowest BCUT2D eigenvalue weighted by Gasteiger charge is -2.24. The lowest BCUT2D eigenvalue weighted by molar-refractivity contribution is -0.126. The van der Waals surface area contributed by atoms with Crippen LogP contribution in [-0.4, -0.2) is 36.4 Å². The van der Waals surface area contributed by atoms with Gasteiger partial charge in [0, 0.05) is 13.5 Å². The highest BCUT2D eigenvalue weighted by atomic mass is 16.5. The van der Waals surface area contributed by atoms with Gasteiger partial charge >= 0.3 is 0 Å². The van der Waals surface area contributed by atoms with E-state index < -0.39 is 0 Å². The van der Waals surface area contributed by atoms with Crippen molar-refractivity contribution < 1.29 is 18.8 Å². The lowest BCUT2D eigenvalue weighted by atomic mass is 9.96. The summed E-state index contributed by atoms with van der Waals surface area (Å²) in [4.78, 5) is 16.5. The van der Waals surface area contributed by atoms with Gasteiger partial charge in [0.05, 0.1) is 19.1 Å². The Labute approximate surface area is 134 Å². The molecule has 0 fully saturated rings. The van der Waals surface area contributed by atoms with Crippen molar-refractivity contribution in [3.63, 3.8) is 0 Å². The minimum absolute atomic E-state index is 0.0730. The van der Waals surface area contributed by atoms with E-state index in [9.17, 15) is 4.79 Å². The Hall–Kier alpha value is -2.41. The number of nitrogens with one attached hydrogen (secondary N) is 1. The van der Waals surface area contributed by atoms with Gasteiger partial charge in [0.25, 0.3) is 0 Å². The van der Waals surface area contributed by atoms with Gasteiger partial charge in [-0.25, -0.2) is 0 Å². The molecule has 1 aliphatic heterocycles. The summed E-state index contributed by atoms with van der Waals surface area (Å²) in [6.07, 6.45) is 1.26. The number of aromatic nitrogens is 2. The molecule has 1 aromatic heterocycles. The van der Waals surface area contributed by atoms with E-state index in [1.165, 1.54) is 0 Å². The summed E-state index contributed by atoms with van der Waals surface area (Å²) in [6, 6.07) is 7.77. The number of para-hydroxylation sites is 1. The zero-order valence-corrected chi connectivity index (χ0v) is 12.9. The van der Waals surface area contributed by atoms with Gasteiger partial charge in [0.15, 0.2) is 5.82 Å². The van der Waals surface area contributed by atoms with E-state index in [0.717, 1.165) is 11.3 Å². The number of fused-ring (bicyclic) bond motifs is 1. The van der Waals surface area contributed by atoms with Crippen molar-refractivity contribution in [3.8, 4) is 5.75 Å². The molecule has 1 aliphatic rings. The highest BCUT2D eigenvalue weighted by Gasteiger charge is 2.25. The van der Waals surface area contributed by atoms with Crippen LogP contribution in [0, 0.1) is 5.92 Å². The minimum Gasteiger partial charge on any atom is -0.492 e. The molecular weight excluding hydrogens is 298 g/mol. The summed E-state index contributed by atoms with van der Waals surface area (Å²) in [5.74, 6) is 1.54. The van der Waals surface area contributed by atoms with Crippen LogP contribution in [0.4, 0.5) is 0 Å². The first-order valence-corrected chi connectivity index (χ1v) is 7.55. The molecule has 7 nitrogen and oxygen atoms in total. The zero-order chi connectivity index (χ0) is 16.1. The lowest BCUT2D eigenvalue weighted by Crippen LogP contribution is -2.37. The van der Waals surface area contributed by atoms with Crippen molar-refractivity contribution in [2.24, 2.45) is 5.92 Å². The highest BCUT2D eigenvalue weighted by Crippen LogP contribution is 2.26. The molecule has 0 saturated heterocycles. The first-order chi connectivity index (χ1) is 11.3. The maximum absolute atomic E-state index is 12.3. The van der Waals surface area contributed by atoms with Gasteiger partial charge in [-0.2, -0.15) is 4.98 Å². The Morgan fingerprint density at radius 1 is 1.43 bits per heavy atom. The molecule has 0 spiro atoms. The molecule has 2 aromatic rings. The Morgan fingerprint density at radius 2 is 2.30 bits per heavy atom. The molecular formula is C16H19N3O4. The van der Waals surface area contributed by atoms with E-state index in [4.69, 9.17) is 14.0 Å². The van der Waals surface area contributed by atoms with Gasteiger partial charge in [-0.1, -0.05) is 23.4 Å². The third-order valence-corrected chi connectivity index (χ3v) is 3.70. The Balaban J connectivity index is 1.51. The highest BCUT2D eigenvalue weighted by molar-refractivity contribution is 5.79. The van der Waals surface area contributed by atoms with Gasteiger partial charge in [0.2, 0.25) is 11.8 Å². The molecule has 3 rings (SSSR count). The second-order valence-corrected chi connectivity index (χ2v) is 5.38. The van der Waals surface area contributed by atoms with Crippen LogP contribution < -0.4 is 10.1 Å². The van der Waals surface area contributed by atoms with Crippen molar-refractivity contribution in [1.29, 1.82) is 0 Å². The molecule has 23 heavy (non-hydrogen) atoms. The average molecular weight is 317 g/mol. The smallest absolute Gasteiger partial charge is 0.246 e. The Kier molecular flexibility index (Phi) is 4.87. The maximum Gasteiger partial charge on any atom is 0.246 e. The molecule has 0 saturated carbocycles. The molecule has 1 N–H and O–H groups in total. The van der Waals surface area contributed by atoms with Gasteiger partial charge in [0.1, 0.15) is 12.4 Å². The third-order valence-electron chi connectivity index (χ3n) is 3.70. The predicted molar refractivity (Wildman–Crippen MR) is 80.9 cm³/mol. The topological polar surface area (TPSA) is 86.5 Å². The summed E-state index contributed by atoms with van der Waals surface area (Å²) >= 11 is 0. The van der Waals surface area contributed by atoms with Gasteiger partial charge < -0.3 is 19.3 Å². The van der Waals surface area contributed by atoms with Crippen molar-refractivity contribution in [3.05, 3.63) is 41.5 Å². The summed E-state index contributed by atoms with van der Waals surface area (Å²) < 4.78 is 15.7. The third kappa shape index (κ3) is 3.87. The van der Waals surface area contributed by atoms with Crippen molar-refractivity contribution in [2.45, 2.75) is 19.4 Å². The fourth-order valence-electron chi connectivity index (χ4n) is 2.46. The van der Waals surface area contributed by atoms with E-state index >= 15 is 0 Å². The average Bonchev–Trinajstić information content (AvgIpc) is 3.05. The summed E-state index contributed by atoms with van der Waals surface area (Å²) in [5.41, 5.74) is 1.05. The van der Waals surface area contributed by atoms with E-state index in [2.05, 4.69) is 15.5 Å². The number of carbonyl (C=O) groups excluding carboxylic acids is 1. The first kappa shape index (κ1) is 15.5.